The summed E-state index contributed by atoms with van der Waals surface area (Å²) in [6.45, 7) is 9.08. The van der Waals surface area contributed by atoms with Gasteiger partial charge in [-0.15, -0.1) is 0 Å². The van der Waals surface area contributed by atoms with E-state index in [1.165, 1.54) is 5.56 Å². The van der Waals surface area contributed by atoms with Crippen molar-refractivity contribution in [1.29, 1.82) is 0 Å². The predicted molar refractivity (Wildman–Crippen MR) is 111 cm³/mol. The quantitative estimate of drug-likeness (QED) is 0.742. The van der Waals surface area contributed by atoms with Crippen LogP contribution in [0.1, 0.15) is 46.1 Å². The Morgan fingerprint density at radius 3 is 2.43 bits per heavy atom. The summed E-state index contributed by atoms with van der Waals surface area (Å²) in [6.07, 6.45) is 2.63. The summed E-state index contributed by atoms with van der Waals surface area (Å²) in [5, 5.41) is 8.29. The van der Waals surface area contributed by atoms with E-state index in [1.807, 2.05) is 45.9 Å². The van der Waals surface area contributed by atoms with Gasteiger partial charge >= 0.3 is 5.97 Å². The minimum absolute atomic E-state index is 0.0767. The van der Waals surface area contributed by atoms with Crippen molar-refractivity contribution < 1.29 is 29.8 Å². The van der Waals surface area contributed by atoms with Gasteiger partial charge in [0.2, 0.25) is 6.04 Å². The van der Waals surface area contributed by atoms with Crippen LogP contribution in [0.4, 0.5) is 0 Å². The number of benzene rings is 1. The first-order chi connectivity index (χ1) is 13.5. The molecule has 6 heteroatoms. The van der Waals surface area contributed by atoms with E-state index < -0.39 is 6.04 Å². The highest BCUT2D eigenvalue weighted by molar-refractivity contribution is 5.74. The largest absolute Gasteiger partial charge is 0.458 e. The molecular weight excluding hydrogens is 358 g/mol. The second kappa shape index (κ2) is 16.5. The van der Waals surface area contributed by atoms with Crippen LogP contribution >= 0.6 is 0 Å². The Morgan fingerprint density at radius 2 is 1.89 bits per heavy atom. The van der Waals surface area contributed by atoms with Gasteiger partial charge in [-0.25, -0.2) is 4.79 Å². The standard InChI is InChI=1S/C15H21NO3.C5H12O2.C2H6/c1-11-7-13(8-12-5-3-2-4-6-12)9-18-10-14(16)15(17)19-11;1-5(7-2)3-4-6;1-2/h2-6,11,13-14H,7-10,16H2,1H3;5-6H,3-4H2,1-2H3;1-2H3/p+1/t11?,13?,14-;;/m0../s1. The van der Waals surface area contributed by atoms with Crippen LogP contribution in [0.25, 0.3) is 0 Å². The fourth-order valence-electron chi connectivity index (χ4n) is 2.71. The number of quaternary nitrogens is 1. The summed E-state index contributed by atoms with van der Waals surface area (Å²) < 4.78 is 15.8. The van der Waals surface area contributed by atoms with Crippen molar-refractivity contribution in [2.24, 2.45) is 5.92 Å². The van der Waals surface area contributed by atoms with Crippen LogP contribution in [0, 0.1) is 5.92 Å². The number of carbonyl (C=O) groups excluding carboxylic acids is 1. The Bertz CT molecular complexity index is 497. The highest BCUT2D eigenvalue weighted by Crippen LogP contribution is 2.18. The van der Waals surface area contributed by atoms with Crippen LogP contribution in [0.15, 0.2) is 30.3 Å². The predicted octanol–water partition coefficient (Wildman–Crippen LogP) is 2.24. The second-order valence-electron chi connectivity index (χ2n) is 6.83. The minimum atomic E-state index is -0.419. The van der Waals surface area contributed by atoms with Gasteiger partial charge in [-0.1, -0.05) is 44.2 Å². The van der Waals surface area contributed by atoms with Crippen molar-refractivity contribution in [3.8, 4) is 0 Å². The first-order valence-electron chi connectivity index (χ1n) is 10.2. The molecule has 0 spiro atoms. The van der Waals surface area contributed by atoms with E-state index in [4.69, 9.17) is 19.3 Å². The fraction of sp³-hybridized carbons (Fsp3) is 0.682. The van der Waals surface area contributed by atoms with Crippen LogP contribution < -0.4 is 5.73 Å². The van der Waals surface area contributed by atoms with Crippen molar-refractivity contribution in [3.63, 3.8) is 0 Å². The third-order valence-corrected chi connectivity index (χ3v) is 4.29. The Morgan fingerprint density at radius 1 is 1.25 bits per heavy atom. The van der Waals surface area contributed by atoms with Crippen LogP contribution in [0.5, 0.6) is 0 Å². The van der Waals surface area contributed by atoms with E-state index in [1.54, 1.807) is 7.11 Å². The van der Waals surface area contributed by atoms with Gasteiger partial charge in [-0.05, 0) is 44.6 Å². The summed E-state index contributed by atoms with van der Waals surface area (Å²) in [6, 6.07) is 9.92. The molecule has 1 aliphatic rings. The van der Waals surface area contributed by atoms with Crippen LogP contribution in [0.3, 0.4) is 0 Å². The lowest BCUT2D eigenvalue weighted by Gasteiger charge is -2.19. The first kappa shape index (κ1) is 26.5. The summed E-state index contributed by atoms with van der Waals surface area (Å²) in [5.74, 6) is 0.114. The molecule has 0 amide bonds. The molecule has 162 valence electrons. The average molecular weight is 399 g/mol. The summed E-state index contributed by atoms with van der Waals surface area (Å²) in [5.41, 5.74) is 5.06. The van der Waals surface area contributed by atoms with Crippen molar-refractivity contribution in [3.05, 3.63) is 35.9 Å². The van der Waals surface area contributed by atoms with Crippen LogP contribution in [-0.2, 0) is 25.4 Å². The molecule has 3 unspecified atom stereocenters. The van der Waals surface area contributed by atoms with Gasteiger partial charge < -0.3 is 25.1 Å². The highest BCUT2D eigenvalue weighted by atomic mass is 16.5. The molecule has 0 aliphatic carbocycles. The number of hydrogen-bond acceptors (Lipinski definition) is 5. The summed E-state index contributed by atoms with van der Waals surface area (Å²) in [7, 11) is 1.64. The molecule has 1 saturated heterocycles. The maximum absolute atomic E-state index is 11.6. The van der Waals surface area contributed by atoms with E-state index in [0.29, 0.717) is 19.1 Å². The maximum Gasteiger partial charge on any atom is 0.367 e. The van der Waals surface area contributed by atoms with Crippen LogP contribution in [-0.4, -0.2) is 56.3 Å². The average Bonchev–Trinajstić information content (AvgIpc) is 2.75. The highest BCUT2D eigenvalue weighted by Gasteiger charge is 2.26. The number of cyclic esters (lactones) is 1. The number of hydrogen-bond donors (Lipinski definition) is 2. The van der Waals surface area contributed by atoms with Gasteiger partial charge in [0.1, 0.15) is 6.61 Å². The molecule has 0 saturated carbocycles. The molecule has 1 aromatic rings. The molecule has 1 aliphatic heterocycles. The summed E-state index contributed by atoms with van der Waals surface area (Å²) in [4.78, 5) is 11.6. The summed E-state index contributed by atoms with van der Waals surface area (Å²) >= 11 is 0. The van der Waals surface area contributed by atoms with E-state index in [0.717, 1.165) is 19.3 Å². The van der Waals surface area contributed by atoms with Gasteiger partial charge in [0.25, 0.3) is 0 Å². The monoisotopic (exact) mass is 398 g/mol. The zero-order valence-electron chi connectivity index (χ0n) is 18.2. The van der Waals surface area contributed by atoms with Crippen molar-refractivity contribution >= 4 is 5.97 Å². The lowest BCUT2D eigenvalue weighted by Crippen LogP contribution is -2.67. The lowest BCUT2D eigenvalue weighted by atomic mass is 9.95. The van der Waals surface area contributed by atoms with E-state index in [-0.39, 0.29) is 24.8 Å². The molecule has 28 heavy (non-hydrogen) atoms. The molecule has 4 N–H and O–H groups in total. The van der Waals surface area contributed by atoms with Gasteiger partial charge in [0.15, 0.2) is 0 Å². The number of esters is 1. The first-order valence-corrected chi connectivity index (χ1v) is 10.2. The normalized spacial score (nSPS) is 23.4. The molecule has 2 rings (SSSR count). The molecule has 6 nitrogen and oxygen atoms in total. The SMILES string of the molecule is CC.CC1CC(Cc2ccccc2)COC[C@H]([NH3+])C(=O)O1.COC(C)CCO. The number of ether oxygens (including phenoxy) is 3. The molecule has 1 heterocycles. The molecule has 1 fully saturated rings. The number of carbonyl (C=O) groups is 1. The fourth-order valence-corrected chi connectivity index (χ4v) is 2.71. The van der Waals surface area contributed by atoms with E-state index >= 15 is 0 Å². The number of methoxy groups -OCH3 is 1. The number of aliphatic hydroxyl groups is 1. The Hall–Kier alpha value is -1.47. The van der Waals surface area contributed by atoms with Crippen molar-refractivity contribution in [1.82, 2.24) is 0 Å². The topological polar surface area (TPSA) is 92.6 Å². The Labute approximate surface area is 170 Å². The molecule has 1 aromatic carbocycles. The van der Waals surface area contributed by atoms with Gasteiger partial charge in [-0.2, -0.15) is 0 Å². The number of aliphatic hydroxyl groups excluding tert-OH is 1. The molecule has 4 atom stereocenters. The molecule has 0 radical (unpaired) electrons. The maximum atomic E-state index is 11.6. The second-order valence-corrected chi connectivity index (χ2v) is 6.83. The van der Waals surface area contributed by atoms with E-state index in [2.05, 4.69) is 17.9 Å². The van der Waals surface area contributed by atoms with Gasteiger partial charge in [0, 0.05) is 13.7 Å². The molecule has 0 aromatic heterocycles. The van der Waals surface area contributed by atoms with Crippen molar-refractivity contribution in [2.75, 3.05) is 26.9 Å². The smallest absolute Gasteiger partial charge is 0.367 e. The van der Waals surface area contributed by atoms with Gasteiger partial charge in [0.05, 0.1) is 18.8 Å². The van der Waals surface area contributed by atoms with Gasteiger partial charge in [-0.3, -0.25) is 0 Å². The molecular formula is C22H40NO5+. The zero-order chi connectivity index (χ0) is 21.4. The third-order valence-electron chi connectivity index (χ3n) is 4.29. The molecule has 0 bridgehead atoms. The lowest BCUT2D eigenvalue weighted by molar-refractivity contribution is -0.415. The van der Waals surface area contributed by atoms with E-state index in [9.17, 15) is 4.79 Å². The third kappa shape index (κ3) is 12.1. The van der Waals surface area contributed by atoms with Crippen LogP contribution in [0.2, 0.25) is 0 Å². The zero-order valence-corrected chi connectivity index (χ0v) is 18.2. The Kier molecular flexibility index (Phi) is 15.6. The minimum Gasteiger partial charge on any atom is -0.458 e. The Balaban J connectivity index is 0.000000688. The van der Waals surface area contributed by atoms with Crippen molar-refractivity contribution in [2.45, 2.75) is 65.2 Å². The number of rotatable bonds is 5.